The largest absolute Gasteiger partial charge is 0.416 e. The number of β-amino-alcohol motifs (C(OH)–C–C–N with tert-alkyl or cyclic N) is 1. The number of halogens is 3. The normalized spacial score (nSPS) is 17.9. The van der Waals surface area contributed by atoms with Gasteiger partial charge in [-0.05, 0) is 55.0 Å². The molecule has 3 N–H and O–H groups in total. The minimum Gasteiger partial charge on any atom is -0.395 e. The van der Waals surface area contributed by atoms with Gasteiger partial charge in [0.15, 0.2) is 0 Å². The number of nitrogens with zero attached hydrogens (tertiary/aromatic N) is 4. The van der Waals surface area contributed by atoms with Gasteiger partial charge in [-0.25, -0.2) is 4.68 Å². The zero-order valence-corrected chi connectivity index (χ0v) is 27.8. The molecule has 266 valence electrons. The maximum Gasteiger partial charge on any atom is 0.416 e. The first-order valence-corrected chi connectivity index (χ1v) is 16.4. The van der Waals surface area contributed by atoms with Crippen molar-refractivity contribution in [3.05, 3.63) is 119 Å². The van der Waals surface area contributed by atoms with Crippen LogP contribution in [0.25, 0.3) is 5.69 Å². The van der Waals surface area contributed by atoms with E-state index in [1.807, 2.05) is 30.3 Å². The summed E-state index contributed by atoms with van der Waals surface area (Å²) in [5, 5.41) is 20.4. The van der Waals surface area contributed by atoms with Gasteiger partial charge in [-0.15, -0.1) is 0 Å². The predicted octanol–water partition coefficient (Wildman–Crippen LogP) is 4.30. The maximum absolute atomic E-state index is 14.5. The molecule has 0 radical (unpaired) electrons. The number of fused-ring (bicyclic) bond motifs is 1. The smallest absolute Gasteiger partial charge is 0.395 e. The molecule has 2 aliphatic heterocycles. The summed E-state index contributed by atoms with van der Waals surface area (Å²) in [4.78, 5) is 44.7. The maximum atomic E-state index is 14.5. The van der Waals surface area contributed by atoms with Crippen LogP contribution in [-0.4, -0.2) is 89.5 Å². The minimum atomic E-state index is -4.69. The molecule has 2 aliphatic rings. The number of alkyl halides is 3. The predicted molar refractivity (Wildman–Crippen MR) is 184 cm³/mol. The molecule has 3 aromatic carbocycles. The Hall–Kier alpha value is -5.31. The molecule has 6 rings (SSSR count). The summed E-state index contributed by atoms with van der Waals surface area (Å²) in [6.45, 7) is 8.01. The van der Waals surface area contributed by atoms with Crippen LogP contribution in [0.5, 0.6) is 0 Å². The summed E-state index contributed by atoms with van der Waals surface area (Å²) < 4.78 is 47.6. The third kappa shape index (κ3) is 7.58. The third-order valence-corrected chi connectivity index (χ3v) is 8.92. The number of morpholine rings is 1. The Kier molecular flexibility index (Phi) is 10.4. The number of ether oxygens (including phenoxy) is 1. The van der Waals surface area contributed by atoms with Crippen LogP contribution < -0.4 is 15.5 Å². The summed E-state index contributed by atoms with van der Waals surface area (Å²) in [6.07, 6.45) is -4.69. The SMILES string of the molecule is C=C(CN1CCOCC1)C(=O)Nc1cccc([C@@H]2c3c(C)nn(-c4ccccc4)c3N(CCO)C(=O)[C@@H]2NC(=O)c2cccc(C(F)(F)F)c2)c1. The molecule has 0 spiro atoms. The molecule has 1 aromatic heterocycles. The lowest BCUT2D eigenvalue weighted by Gasteiger charge is -2.38. The fraction of sp³-hybridized carbons (Fsp3) is 0.297. The van der Waals surface area contributed by atoms with Gasteiger partial charge in [0, 0.05) is 47.9 Å². The number of nitrogens with one attached hydrogen (secondary N) is 2. The first kappa shape index (κ1) is 35.5. The van der Waals surface area contributed by atoms with Crippen molar-refractivity contribution in [2.24, 2.45) is 0 Å². The molecule has 51 heavy (non-hydrogen) atoms. The Balaban J connectivity index is 1.41. The standard InChI is InChI=1S/C37H37F3N6O5/c1-23(22-44-15-18-51-19-16-44)33(48)41-28-11-7-8-25(21-28)31-30-24(2)43-46(29-12-4-3-5-13-29)35(30)45(14-17-47)36(50)32(31)42-34(49)26-9-6-10-27(20-26)37(38,39)40/h3-13,20-21,31-32,47H,1,14-19,22H2,2H3,(H,41,48)(H,42,49)/t31-,32-/m1/s1. The number of hydrogen-bond acceptors (Lipinski definition) is 7. The van der Waals surface area contributed by atoms with E-state index < -0.39 is 48.0 Å². The quantitative estimate of drug-likeness (QED) is 0.211. The van der Waals surface area contributed by atoms with Crippen molar-refractivity contribution < 1.29 is 37.4 Å². The molecule has 1 saturated heterocycles. The molecule has 0 saturated carbocycles. The van der Waals surface area contributed by atoms with Crippen molar-refractivity contribution in [1.29, 1.82) is 0 Å². The summed E-state index contributed by atoms with van der Waals surface area (Å²) in [7, 11) is 0. The van der Waals surface area contributed by atoms with E-state index in [0.29, 0.717) is 72.4 Å². The summed E-state index contributed by atoms with van der Waals surface area (Å²) in [5.74, 6) is -2.42. The molecule has 2 atom stereocenters. The second kappa shape index (κ2) is 14.9. The van der Waals surface area contributed by atoms with Crippen LogP contribution in [0.4, 0.5) is 24.7 Å². The number of aryl methyl sites for hydroxylation is 1. The highest BCUT2D eigenvalue weighted by Gasteiger charge is 2.46. The second-order valence-corrected chi connectivity index (χ2v) is 12.4. The molecule has 1 fully saturated rings. The van der Waals surface area contributed by atoms with Crippen LogP contribution in [0.15, 0.2) is 91.0 Å². The number of anilines is 2. The Bertz CT molecular complexity index is 1940. The Morgan fingerprint density at radius 2 is 1.75 bits per heavy atom. The topological polar surface area (TPSA) is 129 Å². The van der Waals surface area contributed by atoms with Gasteiger partial charge in [-0.1, -0.05) is 43.0 Å². The van der Waals surface area contributed by atoms with E-state index >= 15 is 0 Å². The molecular formula is C37H37F3N6O5. The number of aromatic nitrogens is 2. The first-order chi connectivity index (χ1) is 24.5. The third-order valence-electron chi connectivity index (χ3n) is 8.92. The van der Waals surface area contributed by atoms with E-state index in [9.17, 15) is 32.7 Å². The molecule has 0 bridgehead atoms. The van der Waals surface area contributed by atoms with Crippen molar-refractivity contribution in [2.45, 2.75) is 25.1 Å². The van der Waals surface area contributed by atoms with Crippen LogP contribution in [0.1, 0.15) is 38.7 Å². The summed E-state index contributed by atoms with van der Waals surface area (Å²) in [6, 6.07) is 18.5. The van der Waals surface area contributed by atoms with Crippen molar-refractivity contribution in [3.63, 3.8) is 0 Å². The number of aliphatic hydroxyl groups is 1. The van der Waals surface area contributed by atoms with Crippen LogP contribution in [0.3, 0.4) is 0 Å². The number of rotatable bonds is 10. The minimum absolute atomic E-state index is 0.145. The van der Waals surface area contributed by atoms with E-state index in [1.165, 1.54) is 11.0 Å². The molecule has 14 heteroatoms. The Labute approximate surface area is 292 Å². The molecule has 3 heterocycles. The van der Waals surface area contributed by atoms with Crippen molar-refractivity contribution in [3.8, 4) is 5.69 Å². The molecular weight excluding hydrogens is 665 g/mol. The van der Waals surface area contributed by atoms with Crippen molar-refractivity contribution in [2.75, 3.05) is 56.2 Å². The number of carbonyl (C=O) groups excluding carboxylic acids is 3. The molecule has 4 aromatic rings. The monoisotopic (exact) mass is 702 g/mol. The summed E-state index contributed by atoms with van der Waals surface area (Å²) in [5.41, 5.74) is 1.70. The average molecular weight is 703 g/mol. The molecule has 0 aliphatic carbocycles. The van der Waals surface area contributed by atoms with Gasteiger partial charge < -0.3 is 20.5 Å². The van der Waals surface area contributed by atoms with Crippen molar-refractivity contribution in [1.82, 2.24) is 20.0 Å². The van der Waals surface area contributed by atoms with Gasteiger partial charge in [-0.2, -0.15) is 18.3 Å². The van der Waals surface area contributed by atoms with Gasteiger partial charge in [0.1, 0.15) is 11.9 Å². The lowest BCUT2D eigenvalue weighted by molar-refractivity contribution is -0.137. The van der Waals surface area contributed by atoms with Crippen LogP contribution >= 0.6 is 0 Å². The number of benzene rings is 3. The Morgan fingerprint density at radius 1 is 1.02 bits per heavy atom. The van der Waals surface area contributed by atoms with Crippen LogP contribution in [0.2, 0.25) is 0 Å². The highest BCUT2D eigenvalue weighted by Crippen LogP contribution is 2.44. The zero-order valence-electron chi connectivity index (χ0n) is 27.8. The van der Waals surface area contributed by atoms with Gasteiger partial charge in [0.05, 0.1) is 43.3 Å². The number of aliphatic hydroxyl groups excluding tert-OH is 1. The van der Waals surface area contributed by atoms with E-state index in [4.69, 9.17) is 9.84 Å². The lowest BCUT2D eigenvalue weighted by Crippen LogP contribution is -2.56. The second-order valence-electron chi connectivity index (χ2n) is 12.4. The van der Waals surface area contributed by atoms with Gasteiger partial charge in [-0.3, -0.25) is 24.2 Å². The molecule has 11 nitrogen and oxygen atoms in total. The number of hydrogen-bond donors (Lipinski definition) is 3. The number of carbonyl (C=O) groups is 3. The van der Waals surface area contributed by atoms with E-state index in [-0.39, 0.29) is 12.1 Å². The average Bonchev–Trinajstić information content (AvgIpc) is 3.46. The van der Waals surface area contributed by atoms with Crippen molar-refractivity contribution >= 4 is 29.2 Å². The highest BCUT2D eigenvalue weighted by atomic mass is 19.4. The van der Waals surface area contributed by atoms with Crippen LogP contribution in [0, 0.1) is 6.92 Å². The van der Waals surface area contributed by atoms with E-state index in [0.717, 1.165) is 18.2 Å². The van der Waals surface area contributed by atoms with E-state index in [1.54, 1.807) is 35.9 Å². The van der Waals surface area contributed by atoms with Gasteiger partial charge in [0.25, 0.3) is 17.7 Å². The van der Waals surface area contributed by atoms with Gasteiger partial charge >= 0.3 is 6.18 Å². The first-order valence-electron chi connectivity index (χ1n) is 16.4. The summed E-state index contributed by atoms with van der Waals surface area (Å²) >= 11 is 0. The fourth-order valence-corrected chi connectivity index (χ4v) is 6.49. The van der Waals surface area contributed by atoms with E-state index in [2.05, 4.69) is 22.1 Å². The molecule has 3 amide bonds. The fourth-order valence-electron chi connectivity index (χ4n) is 6.49. The number of amides is 3. The van der Waals surface area contributed by atoms with Crippen LogP contribution in [-0.2, 0) is 20.5 Å². The Morgan fingerprint density at radius 3 is 2.45 bits per heavy atom. The lowest BCUT2D eigenvalue weighted by atomic mass is 9.80. The van der Waals surface area contributed by atoms with Gasteiger partial charge in [0.2, 0.25) is 0 Å². The molecule has 0 unspecified atom stereocenters. The highest BCUT2D eigenvalue weighted by molar-refractivity contribution is 6.06. The number of para-hydroxylation sites is 1. The zero-order chi connectivity index (χ0) is 36.3.